The van der Waals surface area contributed by atoms with Gasteiger partial charge in [-0.3, -0.25) is 9.59 Å². The van der Waals surface area contributed by atoms with E-state index in [4.69, 9.17) is 14.7 Å². The minimum atomic E-state index is -0.476. The Kier molecular flexibility index (Phi) is 5.27. The monoisotopic (exact) mass is 365 g/mol. The maximum absolute atomic E-state index is 12.6. The van der Waals surface area contributed by atoms with E-state index in [1.807, 2.05) is 0 Å². The fraction of sp³-hybridized carbons (Fsp3) is 0.250. The van der Waals surface area contributed by atoms with Crippen LogP contribution in [0, 0.1) is 17.2 Å². The molecule has 1 aliphatic heterocycles. The van der Waals surface area contributed by atoms with E-state index in [0.29, 0.717) is 28.4 Å². The maximum Gasteiger partial charge on any atom is 0.229 e. The molecule has 1 fully saturated rings. The van der Waals surface area contributed by atoms with Gasteiger partial charge in [0.15, 0.2) is 11.5 Å². The molecule has 27 heavy (non-hydrogen) atoms. The number of rotatable bonds is 5. The first-order valence-electron chi connectivity index (χ1n) is 8.39. The molecule has 3 rings (SSSR count). The van der Waals surface area contributed by atoms with Crippen LogP contribution in [0.5, 0.6) is 11.5 Å². The Labute approximate surface area is 157 Å². The van der Waals surface area contributed by atoms with Crippen LogP contribution in [0.3, 0.4) is 0 Å². The molecular weight excluding hydrogens is 346 g/mol. The van der Waals surface area contributed by atoms with Gasteiger partial charge in [-0.05, 0) is 30.3 Å². The Balaban J connectivity index is 1.71. The fourth-order valence-corrected chi connectivity index (χ4v) is 3.03. The van der Waals surface area contributed by atoms with Gasteiger partial charge in [-0.1, -0.05) is 6.07 Å². The van der Waals surface area contributed by atoms with Gasteiger partial charge in [0, 0.05) is 30.4 Å². The Hall–Kier alpha value is -3.53. The predicted octanol–water partition coefficient (Wildman–Crippen LogP) is 2.57. The summed E-state index contributed by atoms with van der Waals surface area (Å²) in [7, 11) is 3.06. The molecule has 1 heterocycles. The summed E-state index contributed by atoms with van der Waals surface area (Å²) in [6.07, 6.45) is 0.121. The van der Waals surface area contributed by atoms with Crippen LogP contribution in [0.2, 0.25) is 0 Å². The van der Waals surface area contributed by atoms with Crippen LogP contribution in [0.1, 0.15) is 12.0 Å². The van der Waals surface area contributed by atoms with Crippen LogP contribution in [0.25, 0.3) is 0 Å². The molecular formula is C20H19N3O4. The van der Waals surface area contributed by atoms with E-state index in [9.17, 15) is 9.59 Å². The molecule has 1 atom stereocenters. The highest BCUT2D eigenvalue weighted by Gasteiger charge is 2.35. The number of hydrogen-bond donors (Lipinski definition) is 1. The zero-order chi connectivity index (χ0) is 19.4. The molecule has 7 heteroatoms. The summed E-state index contributed by atoms with van der Waals surface area (Å²) in [4.78, 5) is 26.5. The van der Waals surface area contributed by atoms with Crippen molar-refractivity contribution in [3.63, 3.8) is 0 Å². The van der Waals surface area contributed by atoms with Gasteiger partial charge >= 0.3 is 0 Å². The van der Waals surface area contributed by atoms with Crippen LogP contribution < -0.4 is 19.7 Å². The smallest absolute Gasteiger partial charge is 0.229 e. The summed E-state index contributed by atoms with van der Waals surface area (Å²) >= 11 is 0. The van der Waals surface area contributed by atoms with Crippen molar-refractivity contribution in [2.24, 2.45) is 5.92 Å². The third kappa shape index (κ3) is 3.85. The predicted molar refractivity (Wildman–Crippen MR) is 99.8 cm³/mol. The normalized spacial score (nSPS) is 16.0. The number of hydrogen-bond acceptors (Lipinski definition) is 5. The molecule has 2 amide bonds. The number of methoxy groups -OCH3 is 2. The molecule has 2 aromatic carbocycles. The molecule has 1 N–H and O–H groups in total. The van der Waals surface area contributed by atoms with Crippen molar-refractivity contribution in [3.8, 4) is 17.6 Å². The quantitative estimate of drug-likeness (QED) is 0.879. The topological polar surface area (TPSA) is 91.7 Å². The maximum atomic E-state index is 12.6. The van der Waals surface area contributed by atoms with Crippen molar-refractivity contribution in [2.45, 2.75) is 6.42 Å². The Bertz CT molecular complexity index is 920. The first-order valence-corrected chi connectivity index (χ1v) is 8.39. The summed E-state index contributed by atoms with van der Waals surface area (Å²) in [5, 5.41) is 11.8. The summed E-state index contributed by atoms with van der Waals surface area (Å²) < 4.78 is 10.4. The van der Waals surface area contributed by atoms with E-state index in [0.717, 1.165) is 0 Å². The van der Waals surface area contributed by atoms with Crippen LogP contribution >= 0.6 is 0 Å². The van der Waals surface area contributed by atoms with E-state index in [2.05, 4.69) is 11.4 Å². The standard InChI is InChI=1S/C20H19N3O4/c1-26-17-7-6-15(10-18(17)27-2)22-20(25)14-9-19(24)23(12-14)16-5-3-4-13(8-16)11-21/h3-8,10,14H,9,12H2,1-2H3,(H,22,25). The first-order chi connectivity index (χ1) is 13.0. The van der Waals surface area contributed by atoms with Crippen LogP contribution in [0.15, 0.2) is 42.5 Å². The molecule has 0 spiro atoms. The number of carbonyl (C=O) groups excluding carboxylic acids is 2. The highest BCUT2D eigenvalue weighted by atomic mass is 16.5. The first kappa shape index (κ1) is 18.3. The lowest BCUT2D eigenvalue weighted by molar-refractivity contribution is -0.122. The van der Waals surface area contributed by atoms with Gasteiger partial charge in [0.25, 0.3) is 0 Å². The van der Waals surface area contributed by atoms with Crippen molar-refractivity contribution in [3.05, 3.63) is 48.0 Å². The third-order valence-corrected chi connectivity index (χ3v) is 4.43. The molecule has 0 aliphatic carbocycles. The van der Waals surface area contributed by atoms with Gasteiger partial charge in [0.05, 0.1) is 31.8 Å². The summed E-state index contributed by atoms with van der Waals surface area (Å²) in [5.74, 6) is 0.214. The van der Waals surface area contributed by atoms with Crippen molar-refractivity contribution in [2.75, 3.05) is 31.0 Å². The number of anilines is 2. The number of ether oxygens (including phenoxy) is 2. The van der Waals surface area contributed by atoms with Crippen molar-refractivity contribution >= 4 is 23.2 Å². The molecule has 1 saturated heterocycles. The van der Waals surface area contributed by atoms with E-state index < -0.39 is 5.92 Å². The van der Waals surface area contributed by atoms with Gasteiger partial charge in [0.1, 0.15) is 0 Å². The van der Waals surface area contributed by atoms with Crippen LogP contribution in [0.4, 0.5) is 11.4 Å². The Morgan fingerprint density at radius 3 is 2.67 bits per heavy atom. The highest BCUT2D eigenvalue weighted by molar-refractivity contribution is 6.03. The minimum absolute atomic E-state index is 0.121. The van der Waals surface area contributed by atoms with Crippen molar-refractivity contribution in [1.29, 1.82) is 5.26 Å². The molecule has 1 aliphatic rings. The van der Waals surface area contributed by atoms with Gasteiger partial charge in [0.2, 0.25) is 11.8 Å². The number of amides is 2. The molecule has 2 aromatic rings. The second-order valence-corrected chi connectivity index (χ2v) is 6.13. The molecule has 1 unspecified atom stereocenters. The molecule has 0 saturated carbocycles. The second kappa shape index (κ2) is 7.79. The van der Waals surface area contributed by atoms with Gasteiger partial charge in [-0.15, -0.1) is 0 Å². The van der Waals surface area contributed by atoms with E-state index >= 15 is 0 Å². The van der Waals surface area contributed by atoms with Gasteiger partial charge in [-0.25, -0.2) is 0 Å². The van der Waals surface area contributed by atoms with E-state index in [-0.39, 0.29) is 24.8 Å². The van der Waals surface area contributed by atoms with Crippen LogP contribution in [-0.2, 0) is 9.59 Å². The SMILES string of the molecule is COc1ccc(NC(=O)C2CC(=O)N(c3cccc(C#N)c3)C2)cc1OC. The average Bonchev–Trinajstić information content (AvgIpc) is 3.09. The van der Waals surface area contributed by atoms with Crippen molar-refractivity contribution in [1.82, 2.24) is 0 Å². The summed E-state index contributed by atoms with van der Waals surface area (Å²) in [6, 6.07) is 13.9. The highest BCUT2D eigenvalue weighted by Crippen LogP contribution is 2.31. The molecule has 0 aromatic heterocycles. The van der Waals surface area contributed by atoms with Gasteiger partial charge < -0.3 is 19.7 Å². The number of benzene rings is 2. The number of nitriles is 1. The van der Waals surface area contributed by atoms with Gasteiger partial charge in [-0.2, -0.15) is 5.26 Å². The van der Waals surface area contributed by atoms with Crippen LogP contribution in [-0.4, -0.2) is 32.6 Å². The molecule has 0 bridgehead atoms. The lowest BCUT2D eigenvalue weighted by atomic mass is 10.1. The van der Waals surface area contributed by atoms with E-state index in [1.165, 1.54) is 14.2 Å². The Morgan fingerprint density at radius 2 is 1.96 bits per heavy atom. The number of nitrogens with zero attached hydrogens (tertiary/aromatic N) is 2. The number of carbonyl (C=O) groups is 2. The fourth-order valence-electron chi connectivity index (χ4n) is 3.03. The average molecular weight is 365 g/mol. The summed E-state index contributed by atoms with van der Waals surface area (Å²) in [6.45, 7) is 0.271. The molecule has 7 nitrogen and oxygen atoms in total. The van der Waals surface area contributed by atoms with Crippen molar-refractivity contribution < 1.29 is 19.1 Å². The number of nitrogens with one attached hydrogen (secondary N) is 1. The minimum Gasteiger partial charge on any atom is -0.493 e. The largest absolute Gasteiger partial charge is 0.493 e. The zero-order valence-electron chi connectivity index (χ0n) is 15.1. The zero-order valence-corrected chi connectivity index (χ0v) is 15.1. The molecule has 0 radical (unpaired) electrons. The third-order valence-electron chi connectivity index (χ3n) is 4.43. The molecule has 138 valence electrons. The lowest BCUT2D eigenvalue weighted by Gasteiger charge is -2.17. The Morgan fingerprint density at radius 1 is 1.19 bits per heavy atom. The second-order valence-electron chi connectivity index (χ2n) is 6.13. The lowest BCUT2D eigenvalue weighted by Crippen LogP contribution is -2.28. The summed E-state index contributed by atoms with van der Waals surface area (Å²) in [5.41, 5.74) is 1.66. The van der Waals surface area contributed by atoms with E-state index in [1.54, 1.807) is 47.4 Å².